The first-order chi connectivity index (χ1) is 7.98. The maximum atomic E-state index is 13.6. The molecular weight excluding hydrogens is 237 g/mol. The van der Waals surface area contributed by atoms with Crippen molar-refractivity contribution < 1.29 is 9.13 Å². The lowest BCUT2D eigenvalue weighted by Gasteiger charge is -2.22. The van der Waals surface area contributed by atoms with Gasteiger partial charge in [0.1, 0.15) is 11.6 Å². The van der Waals surface area contributed by atoms with Gasteiger partial charge < -0.3 is 10.1 Å². The van der Waals surface area contributed by atoms with Gasteiger partial charge in [0.15, 0.2) is 0 Å². The van der Waals surface area contributed by atoms with Crippen LogP contribution < -0.4 is 10.1 Å². The zero-order chi connectivity index (χ0) is 12.9. The zero-order valence-electron chi connectivity index (χ0n) is 10.8. The van der Waals surface area contributed by atoms with E-state index in [-0.39, 0.29) is 10.6 Å². The molecule has 0 radical (unpaired) electrons. The van der Waals surface area contributed by atoms with Gasteiger partial charge >= 0.3 is 0 Å². The second kappa shape index (κ2) is 6.26. The van der Waals surface area contributed by atoms with Crippen molar-refractivity contribution >= 4 is 11.8 Å². The van der Waals surface area contributed by atoms with E-state index in [1.54, 1.807) is 23.9 Å². The molecule has 0 aliphatic heterocycles. The molecular formula is C13H20FNOS. The third-order valence-electron chi connectivity index (χ3n) is 2.68. The van der Waals surface area contributed by atoms with Crippen molar-refractivity contribution in [1.82, 2.24) is 5.32 Å². The molecule has 0 bridgehead atoms. The third-order valence-corrected chi connectivity index (χ3v) is 3.93. The Labute approximate surface area is 107 Å². The highest BCUT2D eigenvalue weighted by Gasteiger charge is 2.15. The molecule has 2 nitrogen and oxygen atoms in total. The van der Waals surface area contributed by atoms with E-state index in [0.717, 1.165) is 6.54 Å². The van der Waals surface area contributed by atoms with Gasteiger partial charge in [-0.3, -0.25) is 0 Å². The Hall–Kier alpha value is -0.740. The minimum atomic E-state index is -0.223. The molecule has 1 rings (SSSR count). The van der Waals surface area contributed by atoms with E-state index in [4.69, 9.17) is 4.74 Å². The summed E-state index contributed by atoms with van der Waals surface area (Å²) in [5.74, 6) is 0.328. The first kappa shape index (κ1) is 14.3. The van der Waals surface area contributed by atoms with Crippen molar-refractivity contribution in [2.75, 3.05) is 19.9 Å². The summed E-state index contributed by atoms with van der Waals surface area (Å²) in [6.45, 7) is 5.71. The third kappa shape index (κ3) is 4.56. The Morgan fingerprint density at radius 2 is 2.12 bits per heavy atom. The molecule has 1 aromatic carbocycles. The quantitative estimate of drug-likeness (QED) is 0.846. The molecule has 96 valence electrons. The van der Waals surface area contributed by atoms with Crippen LogP contribution in [0.25, 0.3) is 0 Å². The standard InChI is InChI=1S/C13H20FNOS/c1-13(2,17-4)9-15-8-10-5-6-11(16-3)7-12(10)14/h5-7,15H,8-9H2,1-4H3. The first-order valence-corrected chi connectivity index (χ1v) is 6.79. The van der Waals surface area contributed by atoms with Crippen LogP contribution in [0, 0.1) is 5.82 Å². The van der Waals surface area contributed by atoms with E-state index < -0.39 is 0 Å². The number of hydrogen-bond acceptors (Lipinski definition) is 3. The van der Waals surface area contributed by atoms with Gasteiger partial charge in [0.05, 0.1) is 7.11 Å². The average Bonchev–Trinajstić information content (AvgIpc) is 2.31. The molecule has 1 N–H and O–H groups in total. The maximum Gasteiger partial charge on any atom is 0.131 e. The summed E-state index contributed by atoms with van der Waals surface area (Å²) >= 11 is 1.80. The summed E-state index contributed by atoms with van der Waals surface area (Å²) in [5.41, 5.74) is 0.669. The summed E-state index contributed by atoms with van der Waals surface area (Å²) in [7, 11) is 1.54. The lowest BCUT2D eigenvalue weighted by atomic mass is 10.1. The normalized spacial score (nSPS) is 11.6. The Morgan fingerprint density at radius 1 is 1.41 bits per heavy atom. The molecule has 0 amide bonds. The smallest absolute Gasteiger partial charge is 0.131 e. The van der Waals surface area contributed by atoms with E-state index >= 15 is 0 Å². The van der Waals surface area contributed by atoms with Crippen molar-refractivity contribution in [1.29, 1.82) is 0 Å². The fourth-order valence-electron chi connectivity index (χ4n) is 1.37. The molecule has 0 unspecified atom stereocenters. The number of ether oxygens (including phenoxy) is 1. The largest absolute Gasteiger partial charge is 0.497 e. The monoisotopic (exact) mass is 257 g/mol. The summed E-state index contributed by atoms with van der Waals surface area (Å²) < 4.78 is 18.7. The second-order valence-electron chi connectivity index (χ2n) is 4.52. The van der Waals surface area contributed by atoms with Crippen LogP contribution in [0.1, 0.15) is 19.4 Å². The van der Waals surface area contributed by atoms with E-state index in [1.165, 1.54) is 13.2 Å². The van der Waals surface area contributed by atoms with Crippen LogP contribution >= 0.6 is 11.8 Å². The highest BCUT2D eigenvalue weighted by molar-refractivity contribution is 7.99. The van der Waals surface area contributed by atoms with Crippen LogP contribution in [0.3, 0.4) is 0 Å². The summed E-state index contributed by atoms with van der Waals surface area (Å²) in [6.07, 6.45) is 2.08. The molecule has 1 aromatic rings. The van der Waals surface area contributed by atoms with Gasteiger partial charge in [-0.15, -0.1) is 0 Å². The maximum absolute atomic E-state index is 13.6. The lowest BCUT2D eigenvalue weighted by molar-refractivity contribution is 0.410. The van der Waals surface area contributed by atoms with E-state index in [1.807, 2.05) is 0 Å². The molecule has 0 saturated carbocycles. The van der Waals surface area contributed by atoms with Crippen LogP contribution in [0.15, 0.2) is 18.2 Å². The molecule has 4 heteroatoms. The zero-order valence-corrected chi connectivity index (χ0v) is 11.7. The number of nitrogens with one attached hydrogen (secondary N) is 1. The van der Waals surface area contributed by atoms with Crippen LogP contribution in [0.5, 0.6) is 5.75 Å². The highest BCUT2D eigenvalue weighted by atomic mass is 32.2. The number of benzene rings is 1. The molecule has 0 fully saturated rings. The predicted molar refractivity (Wildman–Crippen MR) is 72.3 cm³/mol. The van der Waals surface area contributed by atoms with Gasteiger partial charge in [-0.25, -0.2) is 4.39 Å². The Kier molecular flexibility index (Phi) is 5.28. The van der Waals surface area contributed by atoms with E-state index in [9.17, 15) is 4.39 Å². The fraction of sp³-hybridized carbons (Fsp3) is 0.538. The molecule has 17 heavy (non-hydrogen) atoms. The van der Waals surface area contributed by atoms with Crippen molar-refractivity contribution in [2.45, 2.75) is 25.1 Å². The minimum Gasteiger partial charge on any atom is -0.497 e. The minimum absolute atomic E-state index is 0.170. The Morgan fingerprint density at radius 3 is 2.65 bits per heavy atom. The van der Waals surface area contributed by atoms with Gasteiger partial charge in [-0.05, 0) is 26.2 Å². The molecule has 0 aliphatic carbocycles. The molecule has 0 atom stereocenters. The number of methoxy groups -OCH3 is 1. The lowest BCUT2D eigenvalue weighted by Crippen LogP contribution is -2.31. The van der Waals surface area contributed by atoms with Gasteiger partial charge in [0.25, 0.3) is 0 Å². The molecule has 0 heterocycles. The van der Waals surface area contributed by atoms with Crippen molar-refractivity contribution in [3.8, 4) is 5.75 Å². The summed E-state index contributed by atoms with van der Waals surface area (Å²) in [5, 5.41) is 3.27. The van der Waals surface area contributed by atoms with Gasteiger partial charge in [-0.1, -0.05) is 6.07 Å². The first-order valence-electron chi connectivity index (χ1n) is 5.57. The van der Waals surface area contributed by atoms with Crippen molar-refractivity contribution in [3.05, 3.63) is 29.6 Å². The molecule has 0 aliphatic rings. The number of rotatable bonds is 6. The highest BCUT2D eigenvalue weighted by Crippen LogP contribution is 2.20. The molecule has 0 spiro atoms. The van der Waals surface area contributed by atoms with Crippen LogP contribution in [0.2, 0.25) is 0 Å². The molecule has 0 saturated heterocycles. The van der Waals surface area contributed by atoms with Crippen LogP contribution in [-0.4, -0.2) is 24.7 Å². The summed E-state index contributed by atoms with van der Waals surface area (Å²) in [6, 6.07) is 4.95. The number of thioether (sulfide) groups is 1. The second-order valence-corrected chi connectivity index (χ2v) is 6.04. The predicted octanol–water partition coefficient (Wildman–Crippen LogP) is 3.07. The van der Waals surface area contributed by atoms with Gasteiger partial charge in [0.2, 0.25) is 0 Å². The fourth-order valence-corrected chi connectivity index (χ4v) is 1.62. The van der Waals surface area contributed by atoms with Crippen molar-refractivity contribution in [3.63, 3.8) is 0 Å². The topological polar surface area (TPSA) is 21.3 Å². The number of hydrogen-bond donors (Lipinski definition) is 1. The van der Waals surface area contributed by atoms with Crippen LogP contribution in [0.4, 0.5) is 4.39 Å². The van der Waals surface area contributed by atoms with Gasteiger partial charge in [0, 0.05) is 29.5 Å². The van der Waals surface area contributed by atoms with Gasteiger partial charge in [-0.2, -0.15) is 11.8 Å². The van der Waals surface area contributed by atoms with Crippen LogP contribution in [-0.2, 0) is 6.54 Å². The molecule has 0 aromatic heterocycles. The summed E-state index contributed by atoms with van der Waals surface area (Å²) in [4.78, 5) is 0. The van der Waals surface area contributed by atoms with Crippen molar-refractivity contribution in [2.24, 2.45) is 0 Å². The number of halogens is 1. The SMILES string of the molecule is COc1ccc(CNCC(C)(C)SC)c(F)c1. The average molecular weight is 257 g/mol. The Balaban J connectivity index is 2.52. The van der Waals surface area contributed by atoms with E-state index in [0.29, 0.717) is 17.9 Å². The van der Waals surface area contributed by atoms with E-state index in [2.05, 4.69) is 25.4 Å². The Bertz CT molecular complexity index is 368.